The molecule has 0 aromatic heterocycles. The molecule has 3 unspecified atom stereocenters. The first kappa shape index (κ1) is 11.8. The molecule has 4 N–H and O–H groups in total. The molecule has 86 valence electrons. The number of rotatable bonds is 3. The number of ether oxygens (including phenoxy) is 1. The summed E-state index contributed by atoms with van der Waals surface area (Å²) in [5, 5.41) is 13.9. The monoisotopic (exact) mass is 215 g/mol. The second kappa shape index (κ2) is 4.97. The number of hydrogen-bond donors (Lipinski definition) is 3. The van der Waals surface area contributed by atoms with Gasteiger partial charge < -0.3 is 21.0 Å². The molecule has 0 aromatic rings. The van der Waals surface area contributed by atoms with Crippen molar-refractivity contribution >= 4 is 11.7 Å². The van der Waals surface area contributed by atoms with Crippen LogP contribution in [0.1, 0.15) is 20.3 Å². The van der Waals surface area contributed by atoms with E-state index in [0.717, 1.165) is 6.42 Å². The first-order valence-corrected chi connectivity index (χ1v) is 4.95. The average Bonchev–Trinajstić information content (AvgIpc) is 2.63. The Morgan fingerprint density at radius 3 is 2.87 bits per heavy atom. The highest BCUT2D eigenvalue weighted by molar-refractivity contribution is 5.91. The van der Waals surface area contributed by atoms with Gasteiger partial charge in [-0.1, -0.05) is 12.1 Å². The summed E-state index contributed by atoms with van der Waals surface area (Å²) in [6.07, 6.45) is 0.467. The van der Waals surface area contributed by atoms with E-state index >= 15 is 0 Å². The Bertz CT molecular complexity index is 267. The van der Waals surface area contributed by atoms with Gasteiger partial charge in [-0.3, -0.25) is 4.79 Å². The lowest BCUT2D eigenvalue weighted by atomic mass is 10.0. The maximum atomic E-state index is 11.7. The fourth-order valence-corrected chi connectivity index (χ4v) is 1.49. The second-order valence-corrected chi connectivity index (χ2v) is 3.81. The van der Waals surface area contributed by atoms with Crippen LogP contribution in [-0.4, -0.2) is 35.7 Å². The minimum Gasteiger partial charge on any atom is -0.409 e. The van der Waals surface area contributed by atoms with Gasteiger partial charge >= 0.3 is 0 Å². The van der Waals surface area contributed by atoms with Crippen LogP contribution in [0.3, 0.4) is 0 Å². The van der Waals surface area contributed by atoms with Crippen LogP contribution < -0.4 is 11.1 Å². The molecule has 15 heavy (non-hydrogen) atoms. The SMILES string of the molecule is CC(NC(=O)C1OCCC1C)C(N)=NO. The molecule has 0 radical (unpaired) electrons. The first-order chi connectivity index (χ1) is 7.06. The van der Waals surface area contributed by atoms with Crippen LogP contribution in [-0.2, 0) is 9.53 Å². The average molecular weight is 215 g/mol. The Labute approximate surface area is 88.5 Å². The molecule has 1 amide bonds. The molecule has 1 fully saturated rings. The molecule has 1 heterocycles. The van der Waals surface area contributed by atoms with Gasteiger partial charge in [-0.15, -0.1) is 0 Å². The predicted molar refractivity (Wildman–Crippen MR) is 54.5 cm³/mol. The number of oxime groups is 1. The van der Waals surface area contributed by atoms with E-state index in [1.165, 1.54) is 0 Å². The summed E-state index contributed by atoms with van der Waals surface area (Å²) in [5.74, 6) is -0.0161. The predicted octanol–water partition coefficient (Wildman–Crippen LogP) is -0.337. The molecule has 0 saturated carbocycles. The number of amides is 1. The Kier molecular flexibility index (Phi) is 3.90. The molecular formula is C9H17N3O3. The molecule has 0 spiro atoms. The van der Waals surface area contributed by atoms with Crippen LogP contribution in [0.25, 0.3) is 0 Å². The quantitative estimate of drug-likeness (QED) is 0.260. The smallest absolute Gasteiger partial charge is 0.249 e. The van der Waals surface area contributed by atoms with Crippen LogP contribution in [0.4, 0.5) is 0 Å². The molecule has 1 aliphatic rings. The molecule has 1 aliphatic heterocycles. The Hall–Kier alpha value is -1.30. The van der Waals surface area contributed by atoms with Crippen LogP contribution in [0, 0.1) is 5.92 Å². The third-order valence-electron chi connectivity index (χ3n) is 2.56. The second-order valence-electron chi connectivity index (χ2n) is 3.81. The van der Waals surface area contributed by atoms with E-state index in [0.29, 0.717) is 6.61 Å². The van der Waals surface area contributed by atoms with E-state index in [-0.39, 0.29) is 17.7 Å². The van der Waals surface area contributed by atoms with Gasteiger partial charge in [-0.25, -0.2) is 0 Å². The third kappa shape index (κ3) is 2.82. The summed E-state index contributed by atoms with van der Waals surface area (Å²) in [7, 11) is 0. The van der Waals surface area contributed by atoms with Crippen molar-refractivity contribution in [2.45, 2.75) is 32.4 Å². The number of carbonyl (C=O) groups excluding carboxylic acids is 1. The van der Waals surface area contributed by atoms with Gasteiger partial charge in [0.25, 0.3) is 0 Å². The van der Waals surface area contributed by atoms with Crippen molar-refractivity contribution in [3.63, 3.8) is 0 Å². The zero-order chi connectivity index (χ0) is 11.4. The third-order valence-corrected chi connectivity index (χ3v) is 2.56. The molecular weight excluding hydrogens is 198 g/mol. The van der Waals surface area contributed by atoms with Crippen molar-refractivity contribution in [3.05, 3.63) is 0 Å². The highest BCUT2D eigenvalue weighted by atomic mass is 16.5. The highest BCUT2D eigenvalue weighted by Crippen LogP contribution is 2.19. The van der Waals surface area contributed by atoms with E-state index < -0.39 is 12.1 Å². The normalized spacial score (nSPS) is 28.8. The molecule has 1 rings (SSSR count). The van der Waals surface area contributed by atoms with E-state index in [1.54, 1.807) is 6.92 Å². The van der Waals surface area contributed by atoms with Gasteiger partial charge in [-0.05, 0) is 19.3 Å². The summed E-state index contributed by atoms with van der Waals surface area (Å²) < 4.78 is 5.29. The van der Waals surface area contributed by atoms with Crippen LogP contribution in [0.2, 0.25) is 0 Å². The molecule has 6 nitrogen and oxygen atoms in total. The summed E-state index contributed by atoms with van der Waals surface area (Å²) >= 11 is 0. The largest absolute Gasteiger partial charge is 0.409 e. The summed E-state index contributed by atoms with van der Waals surface area (Å²) in [6.45, 7) is 4.22. The van der Waals surface area contributed by atoms with Crippen LogP contribution >= 0.6 is 0 Å². The van der Waals surface area contributed by atoms with Gasteiger partial charge in [0.15, 0.2) is 5.84 Å². The van der Waals surface area contributed by atoms with Gasteiger partial charge in [0, 0.05) is 6.61 Å². The lowest BCUT2D eigenvalue weighted by molar-refractivity contribution is -0.131. The number of nitrogens with two attached hydrogens (primary N) is 1. The number of nitrogens with one attached hydrogen (secondary N) is 1. The fraction of sp³-hybridized carbons (Fsp3) is 0.778. The van der Waals surface area contributed by atoms with E-state index in [1.807, 2.05) is 6.92 Å². The molecule has 0 bridgehead atoms. The van der Waals surface area contributed by atoms with Gasteiger partial charge in [0.05, 0.1) is 6.04 Å². The molecule has 6 heteroatoms. The van der Waals surface area contributed by atoms with Crippen LogP contribution in [0.5, 0.6) is 0 Å². The number of amidine groups is 1. The first-order valence-electron chi connectivity index (χ1n) is 4.95. The molecule has 0 aromatic carbocycles. The Morgan fingerprint density at radius 1 is 1.73 bits per heavy atom. The van der Waals surface area contributed by atoms with E-state index in [9.17, 15) is 4.79 Å². The number of carbonyl (C=O) groups is 1. The van der Waals surface area contributed by atoms with Crippen molar-refractivity contribution < 1.29 is 14.7 Å². The van der Waals surface area contributed by atoms with Crippen molar-refractivity contribution in [2.75, 3.05) is 6.61 Å². The van der Waals surface area contributed by atoms with E-state index in [4.69, 9.17) is 15.7 Å². The number of nitrogens with zero attached hydrogens (tertiary/aromatic N) is 1. The van der Waals surface area contributed by atoms with Gasteiger partial charge in [0.1, 0.15) is 6.10 Å². The van der Waals surface area contributed by atoms with Crippen molar-refractivity contribution in [1.29, 1.82) is 0 Å². The molecule has 1 saturated heterocycles. The van der Waals surface area contributed by atoms with Crippen LogP contribution in [0.15, 0.2) is 5.16 Å². The minimum atomic E-state index is -0.487. The molecule has 3 atom stereocenters. The van der Waals surface area contributed by atoms with Crippen molar-refractivity contribution in [1.82, 2.24) is 5.32 Å². The summed E-state index contributed by atoms with van der Waals surface area (Å²) in [6, 6.07) is -0.487. The summed E-state index contributed by atoms with van der Waals surface area (Å²) in [4.78, 5) is 11.7. The highest BCUT2D eigenvalue weighted by Gasteiger charge is 2.31. The maximum absolute atomic E-state index is 11.7. The number of hydrogen-bond acceptors (Lipinski definition) is 4. The summed E-state index contributed by atoms with van der Waals surface area (Å²) in [5.41, 5.74) is 5.34. The minimum absolute atomic E-state index is 0.0194. The van der Waals surface area contributed by atoms with Crippen molar-refractivity contribution in [2.24, 2.45) is 16.8 Å². The van der Waals surface area contributed by atoms with Gasteiger partial charge in [0.2, 0.25) is 5.91 Å². The van der Waals surface area contributed by atoms with Crippen molar-refractivity contribution in [3.8, 4) is 0 Å². The Morgan fingerprint density at radius 2 is 2.40 bits per heavy atom. The lowest BCUT2D eigenvalue weighted by Crippen LogP contribution is -2.47. The van der Waals surface area contributed by atoms with E-state index in [2.05, 4.69) is 10.5 Å². The zero-order valence-corrected chi connectivity index (χ0v) is 8.93. The lowest BCUT2D eigenvalue weighted by Gasteiger charge is -2.17. The van der Waals surface area contributed by atoms with Gasteiger partial charge in [-0.2, -0.15) is 0 Å². The maximum Gasteiger partial charge on any atom is 0.249 e. The fourth-order valence-electron chi connectivity index (χ4n) is 1.49. The topological polar surface area (TPSA) is 96.9 Å². The zero-order valence-electron chi connectivity index (χ0n) is 8.93. The Balaban J connectivity index is 2.48. The molecule has 0 aliphatic carbocycles. The standard InChI is InChI=1S/C9H17N3O3/c1-5-3-4-15-7(5)9(13)11-6(2)8(10)12-14/h5-7,14H,3-4H2,1-2H3,(H2,10,12)(H,11,13).